The Bertz CT molecular complexity index is 1750. The van der Waals surface area contributed by atoms with Crippen LogP contribution in [0.25, 0.3) is 0 Å². The third-order valence-corrected chi connectivity index (χ3v) is 9.50. The quantitative estimate of drug-likeness (QED) is 0.176. The summed E-state index contributed by atoms with van der Waals surface area (Å²) in [7, 11) is -3.50. The number of nitrogens with one attached hydrogen (secondary N) is 1. The summed E-state index contributed by atoms with van der Waals surface area (Å²) in [4.78, 5) is 29.5. The summed E-state index contributed by atoms with van der Waals surface area (Å²) in [5.41, 5.74) is -0.400. The fourth-order valence-corrected chi connectivity index (χ4v) is 6.43. The summed E-state index contributed by atoms with van der Waals surface area (Å²) in [6.45, 7) is 1.94. The Labute approximate surface area is 254 Å². The Balaban J connectivity index is 1.34. The van der Waals surface area contributed by atoms with E-state index in [1.807, 2.05) is 0 Å². The number of thiazole rings is 1. The number of nitrogens with zero attached hydrogens (tertiary/aromatic N) is 1. The Morgan fingerprint density at radius 2 is 1.73 bits per heavy atom. The molecule has 0 bridgehead atoms. The number of ether oxygens (including phenoxy) is 3. The Morgan fingerprint density at radius 1 is 1.02 bits per heavy atom. The molecule has 0 saturated heterocycles. The van der Waals surface area contributed by atoms with E-state index < -0.39 is 44.8 Å². The molecule has 0 radical (unpaired) electrons. The Kier molecular flexibility index (Phi) is 8.92. The minimum Gasteiger partial charge on any atom is -0.476 e. The van der Waals surface area contributed by atoms with Gasteiger partial charge in [-0.1, -0.05) is 29.5 Å². The lowest BCUT2D eigenvalue weighted by Gasteiger charge is -2.19. The zero-order valence-corrected chi connectivity index (χ0v) is 24.7. The average molecular weight is 647 g/mol. The van der Waals surface area contributed by atoms with Gasteiger partial charge in [0.15, 0.2) is 15.0 Å². The molecule has 4 aromatic rings. The minimum absolute atomic E-state index is 0.0824. The first-order valence-electron chi connectivity index (χ1n) is 13.3. The van der Waals surface area contributed by atoms with Gasteiger partial charge >= 0.3 is 12.1 Å². The van der Waals surface area contributed by atoms with Crippen LogP contribution in [0.1, 0.15) is 47.4 Å². The van der Waals surface area contributed by atoms with Gasteiger partial charge in [0, 0.05) is 5.56 Å². The van der Waals surface area contributed by atoms with Gasteiger partial charge in [0.1, 0.15) is 11.5 Å². The van der Waals surface area contributed by atoms with Crippen molar-refractivity contribution in [1.82, 2.24) is 4.98 Å². The van der Waals surface area contributed by atoms with Crippen LogP contribution in [-0.2, 0) is 25.5 Å². The molecule has 1 atom stereocenters. The molecule has 1 unspecified atom stereocenters. The highest BCUT2D eigenvalue weighted by Gasteiger charge is 2.37. The molecule has 3 aromatic carbocycles. The predicted molar refractivity (Wildman–Crippen MR) is 155 cm³/mol. The smallest absolute Gasteiger partial charge is 0.416 e. The number of hydrogen-bond acceptors (Lipinski definition) is 9. The number of rotatable bonds is 11. The minimum atomic E-state index is -4.63. The Hall–Kier alpha value is -4.43. The van der Waals surface area contributed by atoms with Gasteiger partial charge in [-0.05, 0) is 74.4 Å². The van der Waals surface area contributed by atoms with Crippen molar-refractivity contribution in [2.45, 2.75) is 42.2 Å². The van der Waals surface area contributed by atoms with Crippen molar-refractivity contribution in [3.8, 4) is 16.6 Å². The Morgan fingerprint density at radius 3 is 2.36 bits per heavy atom. The lowest BCUT2D eigenvalue weighted by molar-refractivity contribution is -0.137. The fourth-order valence-electron chi connectivity index (χ4n) is 4.08. The zero-order valence-electron chi connectivity index (χ0n) is 23.0. The molecular formula is C30H25F3N2O7S2. The maximum Gasteiger partial charge on any atom is 0.416 e. The molecule has 14 heteroatoms. The second kappa shape index (κ2) is 12.7. The van der Waals surface area contributed by atoms with E-state index in [2.05, 4.69) is 10.3 Å². The molecule has 1 saturated carbocycles. The van der Waals surface area contributed by atoms with Crippen molar-refractivity contribution >= 4 is 38.2 Å². The third kappa shape index (κ3) is 7.37. The average Bonchev–Trinajstić information content (AvgIpc) is 3.78. The number of halogens is 3. The summed E-state index contributed by atoms with van der Waals surface area (Å²) in [6.07, 6.45) is -3.58. The van der Waals surface area contributed by atoms with Crippen LogP contribution in [-0.4, -0.2) is 37.1 Å². The molecule has 1 fully saturated rings. The first-order chi connectivity index (χ1) is 20.9. The van der Waals surface area contributed by atoms with Crippen molar-refractivity contribution < 1.29 is 45.4 Å². The van der Waals surface area contributed by atoms with E-state index in [0.29, 0.717) is 29.2 Å². The molecule has 0 aliphatic heterocycles. The monoisotopic (exact) mass is 646 g/mol. The van der Waals surface area contributed by atoms with Crippen molar-refractivity contribution in [2.24, 2.45) is 0 Å². The standard InChI is InChI=1S/C30H25F3N2O7S2/c1-2-40-28(37)19-6-10-21(11-7-19)41-25-17-34-29(43-25)35-27(36)26(42-22-5-3-4-20(16-22)30(31,32)33)18-8-12-23(13-9-18)44(38,39)24-14-15-24/h3-13,16-17,24,26H,2,14-15H2,1H3,(H,34,35,36). The van der Waals surface area contributed by atoms with E-state index in [1.165, 1.54) is 48.7 Å². The summed E-state index contributed by atoms with van der Waals surface area (Å²) in [6, 6.07) is 15.8. The molecule has 9 nitrogen and oxygen atoms in total. The van der Waals surface area contributed by atoms with Crippen molar-refractivity contribution in [2.75, 3.05) is 11.9 Å². The first kappa shape index (κ1) is 31.0. The molecular weight excluding hydrogens is 621 g/mol. The van der Waals surface area contributed by atoms with Crippen molar-refractivity contribution in [3.63, 3.8) is 0 Å². The molecule has 0 spiro atoms. The molecule has 1 aliphatic rings. The van der Waals surface area contributed by atoms with Gasteiger partial charge < -0.3 is 14.2 Å². The SMILES string of the molecule is CCOC(=O)c1ccc(Oc2cnc(NC(=O)C(Oc3cccc(C(F)(F)F)c3)c3ccc(S(=O)(=O)C4CC4)cc3)s2)cc1. The lowest BCUT2D eigenvalue weighted by atomic mass is 10.1. The molecule has 230 valence electrons. The predicted octanol–water partition coefficient (Wildman–Crippen LogP) is 6.83. The summed E-state index contributed by atoms with van der Waals surface area (Å²) >= 11 is 0.975. The van der Waals surface area contributed by atoms with Crippen LogP contribution in [0.3, 0.4) is 0 Å². The highest BCUT2D eigenvalue weighted by atomic mass is 32.2. The fraction of sp³-hybridized carbons (Fsp3) is 0.233. The second-order valence-electron chi connectivity index (χ2n) is 9.66. The van der Waals surface area contributed by atoms with Gasteiger partial charge in [-0.2, -0.15) is 13.2 Å². The van der Waals surface area contributed by atoms with Gasteiger partial charge in [-0.3, -0.25) is 10.1 Å². The number of sulfone groups is 1. The number of benzene rings is 3. The largest absolute Gasteiger partial charge is 0.476 e. The van der Waals surface area contributed by atoms with E-state index >= 15 is 0 Å². The summed E-state index contributed by atoms with van der Waals surface area (Å²) < 4.78 is 81.6. The third-order valence-electron chi connectivity index (χ3n) is 6.43. The van der Waals surface area contributed by atoms with Gasteiger partial charge in [-0.15, -0.1) is 0 Å². The number of carbonyl (C=O) groups excluding carboxylic acids is 2. The molecule has 1 heterocycles. The van der Waals surface area contributed by atoms with E-state index in [9.17, 15) is 31.2 Å². The van der Waals surface area contributed by atoms with Crippen LogP contribution >= 0.6 is 11.3 Å². The molecule has 44 heavy (non-hydrogen) atoms. The number of hydrogen-bond donors (Lipinski definition) is 1. The number of alkyl halides is 3. The molecule has 1 N–H and O–H groups in total. The van der Waals surface area contributed by atoms with E-state index in [-0.39, 0.29) is 27.9 Å². The lowest BCUT2D eigenvalue weighted by Crippen LogP contribution is -2.26. The van der Waals surface area contributed by atoms with Crippen LogP contribution < -0.4 is 14.8 Å². The number of carbonyl (C=O) groups is 2. The molecule has 1 amide bonds. The van der Waals surface area contributed by atoms with Crippen molar-refractivity contribution in [1.29, 1.82) is 0 Å². The van der Waals surface area contributed by atoms with Gasteiger partial charge in [0.25, 0.3) is 5.91 Å². The molecule has 1 aromatic heterocycles. The summed E-state index contributed by atoms with van der Waals surface area (Å²) in [5.74, 6) is -1.06. The number of anilines is 1. The number of amides is 1. The van der Waals surface area contributed by atoms with Crippen LogP contribution in [0.2, 0.25) is 0 Å². The van der Waals surface area contributed by atoms with Crippen LogP contribution in [0.5, 0.6) is 16.6 Å². The van der Waals surface area contributed by atoms with Crippen LogP contribution in [0.4, 0.5) is 18.3 Å². The molecule has 5 rings (SSSR count). The second-order valence-corrected chi connectivity index (χ2v) is 12.9. The maximum atomic E-state index is 13.4. The zero-order chi connectivity index (χ0) is 31.5. The molecule has 1 aliphatic carbocycles. The maximum absolute atomic E-state index is 13.4. The normalized spacial score (nSPS) is 14.0. The van der Waals surface area contributed by atoms with Crippen LogP contribution in [0, 0.1) is 0 Å². The van der Waals surface area contributed by atoms with Gasteiger partial charge in [0.05, 0.1) is 34.1 Å². The van der Waals surface area contributed by atoms with E-state index in [1.54, 1.807) is 19.1 Å². The van der Waals surface area contributed by atoms with E-state index in [4.69, 9.17) is 14.2 Å². The first-order valence-corrected chi connectivity index (χ1v) is 15.7. The van der Waals surface area contributed by atoms with Crippen LogP contribution in [0.15, 0.2) is 83.9 Å². The number of aromatic nitrogens is 1. The number of esters is 1. The van der Waals surface area contributed by atoms with Gasteiger partial charge in [0.2, 0.25) is 11.2 Å². The van der Waals surface area contributed by atoms with Gasteiger partial charge in [-0.25, -0.2) is 18.2 Å². The topological polar surface area (TPSA) is 121 Å². The highest BCUT2D eigenvalue weighted by Crippen LogP contribution is 2.36. The summed E-state index contributed by atoms with van der Waals surface area (Å²) in [5, 5.41) is 2.56. The van der Waals surface area contributed by atoms with Crippen molar-refractivity contribution in [3.05, 3.63) is 95.7 Å². The van der Waals surface area contributed by atoms with E-state index in [0.717, 1.165) is 29.5 Å². The highest BCUT2D eigenvalue weighted by molar-refractivity contribution is 7.92.